The van der Waals surface area contributed by atoms with E-state index in [2.05, 4.69) is 15.2 Å². The molecule has 4 rings (SSSR count). The molecule has 0 unspecified atom stereocenters. The van der Waals surface area contributed by atoms with Crippen LogP contribution in [0.2, 0.25) is 0 Å². The second-order valence-electron chi connectivity index (χ2n) is 5.54. The third-order valence-electron chi connectivity index (χ3n) is 4.13. The van der Waals surface area contributed by atoms with Crippen LogP contribution in [0.1, 0.15) is 18.3 Å². The Morgan fingerprint density at radius 1 is 1.27 bits per heavy atom. The molecular weight excluding hydrogens is 280 g/mol. The topological polar surface area (TPSA) is 70.0 Å². The van der Waals surface area contributed by atoms with Crippen LogP contribution in [0.3, 0.4) is 0 Å². The van der Waals surface area contributed by atoms with Crippen LogP contribution in [-0.4, -0.2) is 28.9 Å². The zero-order chi connectivity index (χ0) is 15.6. The molecule has 4 aromatic rings. The second-order valence-corrected chi connectivity index (χ2v) is 5.54. The van der Waals surface area contributed by atoms with Crippen LogP contribution < -0.4 is 5.56 Å². The molecule has 0 bridgehead atoms. The maximum Gasteiger partial charge on any atom is 0.263 e. The van der Waals surface area contributed by atoms with Crippen molar-refractivity contribution in [2.45, 2.75) is 27.3 Å². The predicted molar refractivity (Wildman–Crippen MR) is 84.2 cm³/mol. The third kappa shape index (κ3) is 1.45. The summed E-state index contributed by atoms with van der Waals surface area (Å²) in [4.78, 5) is 17.3. The van der Waals surface area contributed by atoms with Gasteiger partial charge in [0, 0.05) is 19.7 Å². The highest BCUT2D eigenvalue weighted by molar-refractivity contribution is 6.03. The average Bonchev–Trinajstić information content (AvgIpc) is 3.06. The Bertz CT molecular complexity index is 1110. The monoisotopic (exact) mass is 296 g/mol. The van der Waals surface area contributed by atoms with Crippen molar-refractivity contribution >= 4 is 27.6 Å². The summed E-state index contributed by atoms with van der Waals surface area (Å²) in [5.74, 6) is 0. The van der Waals surface area contributed by atoms with Gasteiger partial charge in [0.25, 0.3) is 5.56 Å². The molecule has 0 spiro atoms. The minimum Gasteiger partial charge on any atom is -0.296 e. The molecule has 112 valence electrons. The Kier molecular flexibility index (Phi) is 2.46. The molecule has 0 aliphatic carbocycles. The number of rotatable bonds is 1. The Labute approximate surface area is 125 Å². The molecule has 4 aromatic heterocycles. The van der Waals surface area contributed by atoms with Crippen LogP contribution in [0, 0.1) is 13.8 Å². The molecule has 0 fully saturated rings. The van der Waals surface area contributed by atoms with Crippen LogP contribution in [0.15, 0.2) is 17.1 Å². The Morgan fingerprint density at radius 3 is 2.77 bits per heavy atom. The van der Waals surface area contributed by atoms with Gasteiger partial charge in [0.05, 0.1) is 33.9 Å². The maximum atomic E-state index is 12.7. The number of fused-ring (bicyclic) bond motifs is 5. The number of aromatic nitrogens is 6. The lowest BCUT2D eigenvalue weighted by Gasteiger charge is -2.09. The van der Waals surface area contributed by atoms with Gasteiger partial charge in [-0.1, -0.05) is 0 Å². The standard InChI is InChI=1S/C15H16N6O/c1-5-20-14-10(7-16-20)13-12(9(3)17-14)15(22)19(4)11-6-8(2)18-21(11)13/h6-7H,5H2,1-4H3. The number of nitrogens with zero attached hydrogens (tertiary/aromatic N) is 6. The Morgan fingerprint density at radius 2 is 2.05 bits per heavy atom. The molecule has 7 nitrogen and oxygen atoms in total. The van der Waals surface area contributed by atoms with Crippen molar-refractivity contribution < 1.29 is 0 Å². The summed E-state index contributed by atoms with van der Waals surface area (Å²) in [5, 5.41) is 10.4. The zero-order valence-electron chi connectivity index (χ0n) is 13.0. The van der Waals surface area contributed by atoms with Crippen LogP contribution >= 0.6 is 0 Å². The van der Waals surface area contributed by atoms with Crippen LogP contribution in [0.4, 0.5) is 0 Å². The van der Waals surface area contributed by atoms with Gasteiger partial charge in [0.15, 0.2) is 5.65 Å². The second kappa shape index (κ2) is 4.16. The quantitative estimate of drug-likeness (QED) is 0.534. The zero-order valence-corrected chi connectivity index (χ0v) is 13.0. The van der Waals surface area contributed by atoms with Crippen LogP contribution in [0.5, 0.6) is 0 Å². The van der Waals surface area contributed by atoms with Crippen LogP contribution in [-0.2, 0) is 13.6 Å². The van der Waals surface area contributed by atoms with E-state index in [0.717, 1.165) is 34.4 Å². The normalized spacial score (nSPS) is 12.0. The lowest BCUT2D eigenvalue weighted by Crippen LogP contribution is -2.21. The van der Waals surface area contributed by atoms with Crippen LogP contribution in [0.25, 0.3) is 27.6 Å². The van der Waals surface area contributed by atoms with E-state index in [1.807, 2.05) is 36.0 Å². The summed E-state index contributed by atoms with van der Waals surface area (Å²) in [7, 11) is 1.76. The molecule has 0 saturated heterocycles. The maximum absolute atomic E-state index is 12.7. The van der Waals surface area contributed by atoms with Gasteiger partial charge in [-0.2, -0.15) is 10.2 Å². The van der Waals surface area contributed by atoms with Gasteiger partial charge >= 0.3 is 0 Å². The molecule has 0 aliphatic rings. The highest BCUT2D eigenvalue weighted by Crippen LogP contribution is 2.25. The van der Waals surface area contributed by atoms with E-state index in [4.69, 9.17) is 0 Å². The largest absolute Gasteiger partial charge is 0.296 e. The van der Waals surface area contributed by atoms with Gasteiger partial charge in [-0.05, 0) is 20.8 Å². The number of hydrogen-bond donors (Lipinski definition) is 0. The van der Waals surface area contributed by atoms with Crippen molar-refractivity contribution in [2.24, 2.45) is 7.05 Å². The van der Waals surface area contributed by atoms with E-state index in [1.54, 1.807) is 17.8 Å². The molecule has 0 aromatic carbocycles. The highest BCUT2D eigenvalue weighted by atomic mass is 16.1. The lowest BCUT2D eigenvalue weighted by molar-refractivity contribution is 0.676. The van der Waals surface area contributed by atoms with Gasteiger partial charge in [0.1, 0.15) is 5.65 Å². The molecule has 7 heteroatoms. The number of aryl methyl sites for hydroxylation is 4. The molecule has 0 saturated carbocycles. The molecule has 0 amide bonds. The summed E-state index contributed by atoms with van der Waals surface area (Å²) < 4.78 is 5.28. The summed E-state index contributed by atoms with van der Waals surface area (Å²) in [6.07, 6.45) is 1.77. The average molecular weight is 296 g/mol. The number of pyridine rings is 1. The van der Waals surface area contributed by atoms with E-state index in [-0.39, 0.29) is 5.56 Å². The van der Waals surface area contributed by atoms with Crippen molar-refractivity contribution in [1.29, 1.82) is 0 Å². The van der Waals surface area contributed by atoms with E-state index < -0.39 is 0 Å². The predicted octanol–water partition coefficient (Wildman–Crippen LogP) is 1.57. The van der Waals surface area contributed by atoms with Gasteiger partial charge in [0.2, 0.25) is 0 Å². The third-order valence-corrected chi connectivity index (χ3v) is 4.13. The molecule has 22 heavy (non-hydrogen) atoms. The van der Waals surface area contributed by atoms with Gasteiger partial charge < -0.3 is 0 Å². The minimum absolute atomic E-state index is 0.0569. The smallest absolute Gasteiger partial charge is 0.263 e. The highest BCUT2D eigenvalue weighted by Gasteiger charge is 2.18. The van der Waals surface area contributed by atoms with Crippen molar-refractivity contribution in [1.82, 2.24) is 28.9 Å². The first-order valence-corrected chi connectivity index (χ1v) is 7.24. The summed E-state index contributed by atoms with van der Waals surface area (Å²) >= 11 is 0. The summed E-state index contributed by atoms with van der Waals surface area (Å²) in [6.45, 7) is 6.53. The Balaban J connectivity index is 2.42. The number of hydrogen-bond acceptors (Lipinski definition) is 4. The summed E-state index contributed by atoms with van der Waals surface area (Å²) in [5.41, 5.74) is 3.86. The van der Waals surface area contributed by atoms with Gasteiger partial charge in [-0.15, -0.1) is 0 Å². The molecule has 0 N–H and O–H groups in total. The fourth-order valence-electron chi connectivity index (χ4n) is 3.05. The Hall–Kier alpha value is -2.70. The lowest BCUT2D eigenvalue weighted by atomic mass is 10.2. The molecule has 0 radical (unpaired) electrons. The van der Waals surface area contributed by atoms with E-state index in [0.29, 0.717) is 11.1 Å². The SMILES string of the molecule is CCn1ncc2c1nc(C)c1c(=O)n(C)c3cc(C)nn3c12. The molecule has 4 heterocycles. The van der Waals surface area contributed by atoms with Gasteiger partial charge in [-0.3, -0.25) is 9.36 Å². The van der Waals surface area contributed by atoms with E-state index >= 15 is 0 Å². The van der Waals surface area contributed by atoms with Crippen molar-refractivity contribution in [3.05, 3.63) is 34.0 Å². The fraction of sp³-hybridized carbons (Fsp3) is 0.333. The first-order chi connectivity index (χ1) is 10.5. The van der Waals surface area contributed by atoms with Crippen molar-refractivity contribution in [3.8, 4) is 0 Å². The first kappa shape index (κ1) is 13.0. The fourth-order valence-corrected chi connectivity index (χ4v) is 3.05. The molecular formula is C15H16N6O. The summed E-state index contributed by atoms with van der Waals surface area (Å²) in [6, 6.07) is 1.91. The van der Waals surface area contributed by atoms with Crippen molar-refractivity contribution in [2.75, 3.05) is 0 Å². The van der Waals surface area contributed by atoms with Gasteiger partial charge in [-0.25, -0.2) is 14.2 Å². The van der Waals surface area contributed by atoms with E-state index in [9.17, 15) is 4.79 Å². The minimum atomic E-state index is -0.0569. The van der Waals surface area contributed by atoms with E-state index in [1.165, 1.54) is 0 Å². The van der Waals surface area contributed by atoms with Crippen molar-refractivity contribution in [3.63, 3.8) is 0 Å². The first-order valence-electron chi connectivity index (χ1n) is 7.24. The molecule has 0 aliphatic heterocycles. The molecule has 0 atom stereocenters.